The Kier molecular flexibility index (Phi) is 8.40. The molecule has 1 amide bonds. The molecular formula is C25H24F3N3O4. The first-order valence-electron chi connectivity index (χ1n) is 10.9. The molecule has 1 aliphatic rings. The first-order valence-corrected chi connectivity index (χ1v) is 10.9. The molecule has 10 heteroatoms. The summed E-state index contributed by atoms with van der Waals surface area (Å²) < 4.78 is 44.7. The van der Waals surface area contributed by atoms with Crippen LogP contribution in [0.3, 0.4) is 0 Å². The van der Waals surface area contributed by atoms with Gasteiger partial charge in [-0.2, -0.15) is 18.3 Å². The fraction of sp³-hybridized carbons (Fsp3) is 0.280. The van der Waals surface area contributed by atoms with Gasteiger partial charge in [0.25, 0.3) is 0 Å². The quantitative estimate of drug-likeness (QED) is 0.180. The fourth-order valence-electron chi connectivity index (χ4n) is 3.35. The third kappa shape index (κ3) is 7.26. The summed E-state index contributed by atoms with van der Waals surface area (Å²) in [5.41, 5.74) is 3.31. The topological polar surface area (TPSA) is 96.9 Å². The van der Waals surface area contributed by atoms with Crippen LogP contribution < -0.4 is 10.7 Å². The van der Waals surface area contributed by atoms with Crippen LogP contribution in [0.4, 0.5) is 18.9 Å². The van der Waals surface area contributed by atoms with Crippen molar-refractivity contribution in [3.05, 3.63) is 70.8 Å². The summed E-state index contributed by atoms with van der Waals surface area (Å²) in [6, 6.07) is 12.2. The van der Waals surface area contributed by atoms with Gasteiger partial charge in [0.05, 0.1) is 17.9 Å². The van der Waals surface area contributed by atoms with Gasteiger partial charge in [0.1, 0.15) is 5.57 Å². The third-order valence-corrected chi connectivity index (χ3v) is 5.17. The summed E-state index contributed by atoms with van der Waals surface area (Å²) in [7, 11) is 0. The second-order valence-corrected chi connectivity index (χ2v) is 7.79. The average molecular weight is 487 g/mol. The van der Waals surface area contributed by atoms with E-state index in [0.717, 1.165) is 36.0 Å². The molecule has 0 bridgehead atoms. The van der Waals surface area contributed by atoms with Crippen molar-refractivity contribution in [2.24, 2.45) is 5.10 Å². The van der Waals surface area contributed by atoms with Crippen LogP contribution in [0.5, 0.6) is 0 Å². The zero-order valence-corrected chi connectivity index (χ0v) is 18.9. The maximum atomic E-state index is 13.2. The van der Waals surface area contributed by atoms with Gasteiger partial charge in [0.15, 0.2) is 5.78 Å². The van der Waals surface area contributed by atoms with Crippen LogP contribution >= 0.6 is 0 Å². The molecule has 0 saturated heterocycles. The van der Waals surface area contributed by atoms with Crippen molar-refractivity contribution in [1.82, 2.24) is 5.43 Å². The Morgan fingerprint density at radius 2 is 1.83 bits per heavy atom. The molecule has 1 aliphatic heterocycles. The van der Waals surface area contributed by atoms with Gasteiger partial charge in [-0.3, -0.25) is 9.59 Å². The number of nitrogens with one attached hydrogen (secondary N) is 2. The molecule has 0 aliphatic carbocycles. The highest BCUT2D eigenvalue weighted by Gasteiger charge is 2.33. The highest BCUT2D eigenvalue weighted by Crippen LogP contribution is 2.33. The second-order valence-electron chi connectivity index (χ2n) is 7.79. The fourth-order valence-corrected chi connectivity index (χ4v) is 3.35. The number of Topliss-reactive ketones (excluding diaryl/α,β-unsaturated/α-hetero) is 1. The largest absolute Gasteiger partial charge is 0.462 e. The first kappa shape index (κ1) is 25.7. The lowest BCUT2D eigenvalue weighted by atomic mass is 10.0. The zero-order chi connectivity index (χ0) is 25.4. The lowest BCUT2D eigenvalue weighted by molar-refractivity contribution is -0.141. The number of hydrogen-bond donors (Lipinski definition) is 2. The Bertz CT molecular complexity index is 1160. The normalized spacial score (nSPS) is 14.1. The third-order valence-electron chi connectivity index (χ3n) is 5.17. The van der Waals surface area contributed by atoms with Gasteiger partial charge in [-0.1, -0.05) is 30.3 Å². The molecule has 35 heavy (non-hydrogen) atoms. The molecular weight excluding hydrogens is 463 g/mol. The maximum Gasteiger partial charge on any atom is 0.416 e. The van der Waals surface area contributed by atoms with E-state index in [2.05, 4.69) is 15.8 Å². The predicted octanol–water partition coefficient (Wildman–Crippen LogP) is 4.34. The number of esters is 1. The van der Waals surface area contributed by atoms with Gasteiger partial charge in [-0.25, -0.2) is 10.2 Å². The number of carbonyl (C=O) groups excluding carboxylic acids is 3. The van der Waals surface area contributed by atoms with Crippen molar-refractivity contribution < 1.29 is 32.3 Å². The van der Waals surface area contributed by atoms with Gasteiger partial charge in [-0.05, 0) is 48.7 Å². The van der Waals surface area contributed by atoms with Gasteiger partial charge < -0.3 is 10.1 Å². The Labute approximate surface area is 200 Å². The number of ether oxygens (including phenoxy) is 1. The van der Waals surface area contributed by atoms with Crippen LogP contribution in [0.15, 0.2) is 59.2 Å². The molecule has 0 radical (unpaired) electrons. The maximum absolute atomic E-state index is 13.2. The van der Waals surface area contributed by atoms with Crippen LogP contribution in [-0.4, -0.2) is 36.5 Å². The monoisotopic (exact) mass is 487 g/mol. The number of halogens is 3. The number of hydrogen-bond acceptors (Lipinski definition) is 6. The summed E-state index contributed by atoms with van der Waals surface area (Å²) in [5.74, 6) is -1.77. The van der Waals surface area contributed by atoms with E-state index in [-0.39, 0.29) is 18.1 Å². The van der Waals surface area contributed by atoms with Crippen molar-refractivity contribution >= 4 is 35.1 Å². The van der Waals surface area contributed by atoms with E-state index in [1.807, 2.05) is 24.3 Å². The number of alkyl halides is 3. The molecule has 0 spiro atoms. The SMILES string of the molecule is CC(=O)C(=Cc1ccccc1C(F)(F)F)C(=O)OCCCNc1ccc(C2=NNC(=O)CC2)cc1. The minimum Gasteiger partial charge on any atom is -0.462 e. The highest BCUT2D eigenvalue weighted by molar-refractivity contribution is 6.19. The standard InChI is InChI=1S/C25H24F3N3O4/c1-16(32)20(15-18-5-2-3-6-21(18)25(26,27)28)24(34)35-14-4-13-29-19-9-7-17(8-10-19)22-11-12-23(33)31-30-22/h2-3,5-10,15,29H,4,11-14H2,1H3,(H,31,33). The number of hydrazone groups is 1. The molecule has 2 N–H and O–H groups in total. The molecule has 1 heterocycles. The lowest BCUT2D eigenvalue weighted by Gasteiger charge is -2.13. The number of benzene rings is 2. The summed E-state index contributed by atoms with van der Waals surface area (Å²) >= 11 is 0. The Balaban J connectivity index is 1.51. The van der Waals surface area contributed by atoms with Crippen molar-refractivity contribution in [2.75, 3.05) is 18.5 Å². The van der Waals surface area contributed by atoms with E-state index in [0.29, 0.717) is 25.8 Å². The Morgan fingerprint density at radius 1 is 1.11 bits per heavy atom. The molecule has 0 aromatic heterocycles. The van der Waals surface area contributed by atoms with E-state index < -0.39 is 29.1 Å². The average Bonchev–Trinajstić information content (AvgIpc) is 2.82. The van der Waals surface area contributed by atoms with Crippen LogP contribution in [0.1, 0.15) is 42.9 Å². The Morgan fingerprint density at radius 3 is 2.46 bits per heavy atom. The van der Waals surface area contributed by atoms with E-state index in [1.165, 1.54) is 18.2 Å². The zero-order valence-electron chi connectivity index (χ0n) is 18.9. The van der Waals surface area contributed by atoms with Crippen molar-refractivity contribution in [3.8, 4) is 0 Å². The number of ketones is 1. The molecule has 0 atom stereocenters. The summed E-state index contributed by atoms with van der Waals surface area (Å²) in [6.07, 6.45) is -2.33. The molecule has 7 nitrogen and oxygen atoms in total. The van der Waals surface area contributed by atoms with Crippen molar-refractivity contribution in [2.45, 2.75) is 32.4 Å². The summed E-state index contributed by atoms with van der Waals surface area (Å²) in [5, 5.41) is 7.21. The highest BCUT2D eigenvalue weighted by atomic mass is 19.4. The van der Waals surface area contributed by atoms with E-state index in [4.69, 9.17) is 4.74 Å². The number of carbonyl (C=O) groups is 3. The smallest absolute Gasteiger partial charge is 0.416 e. The van der Waals surface area contributed by atoms with E-state index in [1.54, 1.807) is 0 Å². The minimum atomic E-state index is -4.62. The molecule has 3 rings (SSSR count). The number of amides is 1. The van der Waals surface area contributed by atoms with E-state index in [9.17, 15) is 27.6 Å². The Hall–Kier alpha value is -3.95. The van der Waals surface area contributed by atoms with Gasteiger partial charge in [0, 0.05) is 25.1 Å². The summed E-state index contributed by atoms with van der Waals surface area (Å²) in [6.45, 7) is 1.53. The predicted molar refractivity (Wildman–Crippen MR) is 125 cm³/mol. The van der Waals surface area contributed by atoms with Gasteiger partial charge in [0.2, 0.25) is 5.91 Å². The molecule has 0 saturated carbocycles. The molecule has 184 valence electrons. The van der Waals surface area contributed by atoms with Crippen LogP contribution in [0, 0.1) is 0 Å². The lowest BCUT2D eigenvalue weighted by Crippen LogP contribution is -2.25. The molecule has 2 aromatic carbocycles. The van der Waals surface area contributed by atoms with Gasteiger partial charge >= 0.3 is 12.1 Å². The minimum absolute atomic E-state index is 0.0219. The van der Waals surface area contributed by atoms with E-state index >= 15 is 0 Å². The second kappa shape index (κ2) is 11.5. The number of rotatable bonds is 9. The first-order chi connectivity index (χ1) is 16.6. The van der Waals surface area contributed by atoms with Crippen molar-refractivity contribution in [1.29, 1.82) is 0 Å². The van der Waals surface area contributed by atoms with Crippen LogP contribution in [0.2, 0.25) is 0 Å². The molecule has 0 unspecified atom stereocenters. The molecule has 2 aromatic rings. The van der Waals surface area contributed by atoms with Gasteiger partial charge in [-0.15, -0.1) is 0 Å². The number of nitrogens with zero attached hydrogens (tertiary/aromatic N) is 1. The number of anilines is 1. The van der Waals surface area contributed by atoms with Crippen molar-refractivity contribution in [3.63, 3.8) is 0 Å². The van der Waals surface area contributed by atoms with Crippen LogP contribution in [-0.2, 0) is 25.3 Å². The molecule has 0 fully saturated rings. The van der Waals surface area contributed by atoms with Crippen LogP contribution in [0.25, 0.3) is 6.08 Å². The summed E-state index contributed by atoms with van der Waals surface area (Å²) in [4.78, 5) is 35.4.